The van der Waals surface area contributed by atoms with E-state index in [2.05, 4.69) is 10.6 Å². The number of hydrogen-bond donors (Lipinski definition) is 3. The number of benzene rings is 2. The highest BCUT2D eigenvalue weighted by molar-refractivity contribution is 8.18. The van der Waals surface area contributed by atoms with Gasteiger partial charge in [0.25, 0.3) is 11.8 Å². The van der Waals surface area contributed by atoms with Crippen LogP contribution in [0.1, 0.15) is 5.56 Å². The maximum Gasteiger partial charge on any atom is 0.264 e. The first-order valence-electron chi connectivity index (χ1n) is 8.52. The molecule has 0 atom stereocenters. The Morgan fingerprint density at radius 2 is 1.90 bits per heavy atom. The third kappa shape index (κ3) is 5.29. The quantitative estimate of drug-likeness (QED) is 0.602. The van der Waals surface area contributed by atoms with Crippen molar-refractivity contribution in [1.29, 1.82) is 5.41 Å². The second-order valence-electron chi connectivity index (χ2n) is 5.87. The van der Waals surface area contributed by atoms with E-state index in [1.54, 1.807) is 55.7 Å². The summed E-state index contributed by atoms with van der Waals surface area (Å²) in [5, 5.41) is 12.7. The Kier molecular flexibility index (Phi) is 6.40. The van der Waals surface area contributed by atoms with Gasteiger partial charge in [-0.1, -0.05) is 6.07 Å². The molecule has 1 saturated heterocycles. The summed E-state index contributed by atoms with van der Waals surface area (Å²) in [6.45, 7) is -0.196. The molecule has 2 aromatic rings. The van der Waals surface area contributed by atoms with Crippen molar-refractivity contribution < 1.29 is 23.8 Å². The zero-order valence-electron chi connectivity index (χ0n) is 15.8. The normalized spacial score (nSPS) is 14.5. The molecule has 1 aliphatic heterocycles. The zero-order valence-corrected chi connectivity index (χ0v) is 16.6. The summed E-state index contributed by atoms with van der Waals surface area (Å²) in [4.78, 5) is 24.3. The van der Waals surface area contributed by atoms with Crippen molar-refractivity contribution in [1.82, 2.24) is 5.32 Å². The highest BCUT2D eigenvalue weighted by Crippen LogP contribution is 2.31. The van der Waals surface area contributed by atoms with Gasteiger partial charge < -0.3 is 24.8 Å². The van der Waals surface area contributed by atoms with Gasteiger partial charge in [-0.3, -0.25) is 15.0 Å². The van der Waals surface area contributed by atoms with Gasteiger partial charge in [0.1, 0.15) is 5.75 Å². The second-order valence-corrected chi connectivity index (χ2v) is 6.92. The van der Waals surface area contributed by atoms with E-state index in [0.717, 1.165) is 11.8 Å². The molecule has 8 nitrogen and oxygen atoms in total. The minimum Gasteiger partial charge on any atom is -0.497 e. The standard InChI is InChI=1S/C20H19N3O5S/c1-26-14-6-4-13(5-7-14)22-18(24)11-28-15-8-3-12(9-16(15)27-2)10-17-19(25)23-20(21)29-17/h3-10H,11H2,1-2H3,(H,22,24)(H2,21,23,25)/b17-10-. The van der Waals surface area contributed by atoms with Gasteiger partial charge in [-0.2, -0.15) is 0 Å². The Morgan fingerprint density at radius 3 is 2.52 bits per heavy atom. The summed E-state index contributed by atoms with van der Waals surface area (Å²) < 4.78 is 16.0. The van der Waals surface area contributed by atoms with Crippen molar-refractivity contribution in [3.05, 3.63) is 52.9 Å². The lowest BCUT2D eigenvalue weighted by molar-refractivity contribution is -0.118. The molecule has 1 heterocycles. The van der Waals surface area contributed by atoms with Gasteiger partial charge >= 0.3 is 0 Å². The van der Waals surface area contributed by atoms with E-state index in [1.165, 1.54) is 7.11 Å². The molecule has 3 N–H and O–H groups in total. The first kappa shape index (κ1) is 20.3. The fourth-order valence-corrected chi connectivity index (χ4v) is 3.20. The van der Waals surface area contributed by atoms with Crippen LogP contribution in [-0.4, -0.2) is 37.8 Å². The first-order valence-corrected chi connectivity index (χ1v) is 9.34. The molecule has 0 aliphatic carbocycles. The van der Waals surface area contributed by atoms with Crippen molar-refractivity contribution in [2.45, 2.75) is 0 Å². The number of rotatable bonds is 7. The Bertz CT molecular complexity index is 973. The number of carbonyl (C=O) groups is 2. The highest BCUT2D eigenvalue weighted by Gasteiger charge is 2.22. The van der Waals surface area contributed by atoms with Crippen molar-refractivity contribution in [2.24, 2.45) is 0 Å². The Hall–Kier alpha value is -3.46. The summed E-state index contributed by atoms with van der Waals surface area (Å²) in [7, 11) is 3.06. The Labute approximate surface area is 171 Å². The lowest BCUT2D eigenvalue weighted by Crippen LogP contribution is -2.20. The molecule has 1 aliphatic rings. The molecule has 150 valence electrons. The van der Waals surface area contributed by atoms with Crippen molar-refractivity contribution >= 4 is 40.5 Å². The lowest BCUT2D eigenvalue weighted by Gasteiger charge is -2.12. The van der Waals surface area contributed by atoms with Crippen LogP contribution in [0.25, 0.3) is 6.08 Å². The molecule has 0 aromatic heterocycles. The predicted molar refractivity (Wildman–Crippen MR) is 112 cm³/mol. The van der Waals surface area contributed by atoms with E-state index in [9.17, 15) is 9.59 Å². The summed E-state index contributed by atoms with van der Waals surface area (Å²) in [5.41, 5.74) is 1.34. The minimum absolute atomic E-state index is 0.0936. The molecule has 3 rings (SSSR count). The van der Waals surface area contributed by atoms with Gasteiger partial charge in [-0.25, -0.2) is 0 Å². The Balaban J connectivity index is 1.63. The summed E-state index contributed by atoms with van der Waals surface area (Å²) in [6.07, 6.45) is 1.66. The van der Waals surface area contributed by atoms with Crippen molar-refractivity contribution in [3.8, 4) is 17.2 Å². The molecular formula is C20H19N3O5S. The van der Waals surface area contributed by atoms with Crippen molar-refractivity contribution in [3.63, 3.8) is 0 Å². The van der Waals surface area contributed by atoms with E-state index < -0.39 is 0 Å². The SMILES string of the molecule is COc1ccc(NC(=O)COc2ccc(/C=C3\SC(=N)NC3=O)cc2OC)cc1. The number of nitrogens with one attached hydrogen (secondary N) is 3. The van der Waals surface area contributed by atoms with Crippen LogP contribution in [0, 0.1) is 5.41 Å². The topological polar surface area (TPSA) is 110 Å². The molecule has 0 unspecified atom stereocenters. The van der Waals surface area contributed by atoms with Crippen LogP contribution in [-0.2, 0) is 9.59 Å². The Morgan fingerprint density at radius 1 is 1.14 bits per heavy atom. The molecule has 29 heavy (non-hydrogen) atoms. The van der Waals surface area contributed by atoms with E-state index in [1.807, 2.05) is 0 Å². The smallest absolute Gasteiger partial charge is 0.264 e. The van der Waals surface area contributed by atoms with Crippen LogP contribution in [0.15, 0.2) is 47.4 Å². The number of anilines is 1. The number of hydrogen-bond acceptors (Lipinski definition) is 7. The zero-order chi connectivity index (χ0) is 20.8. The van der Waals surface area contributed by atoms with E-state index in [4.69, 9.17) is 19.6 Å². The summed E-state index contributed by atoms with van der Waals surface area (Å²) >= 11 is 1.05. The number of carbonyl (C=O) groups excluding carboxylic acids is 2. The van der Waals surface area contributed by atoms with Crippen molar-refractivity contribution in [2.75, 3.05) is 26.1 Å². The average Bonchev–Trinajstić information content (AvgIpc) is 3.04. The van der Waals surface area contributed by atoms with E-state index in [0.29, 0.717) is 33.4 Å². The number of thioether (sulfide) groups is 1. The molecule has 0 radical (unpaired) electrons. The lowest BCUT2D eigenvalue weighted by atomic mass is 10.2. The number of ether oxygens (including phenoxy) is 3. The van der Waals surface area contributed by atoms with Gasteiger partial charge in [-0.15, -0.1) is 0 Å². The maximum atomic E-state index is 12.1. The molecule has 9 heteroatoms. The molecule has 0 spiro atoms. The van der Waals surface area contributed by atoms with Crippen LogP contribution in [0.4, 0.5) is 5.69 Å². The number of methoxy groups -OCH3 is 2. The molecular weight excluding hydrogens is 394 g/mol. The first-order chi connectivity index (χ1) is 14.0. The molecule has 2 aromatic carbocycles. The van der Waals surface area contributed by atoms with Crippen LogP contribution in [0.2, 0.25) is 0 Å². The third-order valence-corrected chi connectivity index (χ3v) is 4.71. The van der Waals surface area contributed by atoms with Gasteiger partial charge in [0, 0.05) is 5.69 Å². The number of amidine groups is 1. The largest absolute Gasteiger partial charge is 0.497 e. The minimum atomic E-state index is -0.319. The molecule has 0 bridgehead atoms. The molecule has 1 fully saturated rings. The average molecular weight is 413 g/mol. The van der Waals surface area contributed by atoms with Crippen LogP contribution in [0.3, 0.4) is 0 Å². The summed E-state index contributed by atoms with van der Waals surface area (Å²) in [5.74, 6) is 0.894. The van der Waals surface area contributed by atoms with Gasteiger partial charge in [0.05, 0.1) is 19.1 Å². The van der Waals surface area contributed by atoms with Gasteiger partial charge in [0.2, 0.25) is 0 Å². The van der Waals surface area contributed by atoms with Crippen LogP contribution in [0.5, 0.6) is 17.2 Å². The summed E-state index contributed by atoms with van der Waals surface area (Å²) in [6, 6.07) is 12.1. The van der Waals surface area contributed by atoms with Crippen LogP contribution >= 0.6 is 11.8 Å². The third-order valence-electron chi connectivity index (χ3n) is 3.88. The van der Waals surface area contributed by atoms with Crippen LogP contribution < -0.4 is 24.8 Å². The maximum absolute atomic E-state index is 12.1. The monoisotopic (exact) mass is 413 g/mol. The molecule has 0 saturated carbocycles. The predicted octanol–water partition coefficient (Wildman–Crippen LogP) is 2.86. The van der Waals surface area contributed by atoms with Gasteiger partial charge in [0.15, 0.2) is 23.3 Å². The van der Waals surface area contributed by atoms with E-state index in [-0.39, 0.29) is 23.6 Å². The molecule has 2 amide bonds. The fraction of sp³-hybridized carbons (Fsp3) is 0.150. The second kappa shape index (κ2) is 9.16. The van der Waals surface area contributed by atoms with E-state index >= 15 is 0 Å². The fourth-order valence-electron chi connectivity index (χ4n) is 2.50. The van der Waals surface area contributed by atoms with Gasteiger partial charge in [-0.05, 0) is 59.8 Å². The highest BCUT2D eigenvalue weighted by atomic mass is 32.2. The number of amides is 2.